The van der Waals surface area contributed by atoms with Crippen LogP contribution in [0.2, 0.25) is 0 Å². The van der Waals surface area contributed by atoms with E-state index in [-0.39, 0.29) is 0 Å². The average molecular weight is 252 g/mol. The lowest BCUT2D eigenvalue weighted by Gasteiger charge is -1.94. The van der Waals surface area contributed by atoms with Crippen molar-refractivity contribution in [2.24, 2.45) is 10.8 Å². The van der Waals surface area contributed by atoms with Crippen LogP contribution in [0.1, 0.15) is 5.56 Å². The maximum atomic E-state index is 10.7. The van der Waals surface area contributed by atoms with Crippen LogP contribution in [0.15, 0.2) is 40.5 Å². The van der Waals surface area contributed by atoms with Gasteiger partial charge in [0.1, 0.15) is 0 Å². The number of allylic oxidation sites excluding steroid dienone is 1. The second kappa shape index (κ2) is 6.44. The van der Waals surface area contributed by atoms with E-state index in [0.717, 1.165) is 5.56 Å². The van der Waals surface area contributed by atoms with Gasteiger partial charge in [-0.15, -0.1) is 0 Å². The molecule has 1 rings (SSSR count). The van der Waals surface area contributed by atoms with Gasteiger partial charge in [-0.3, -0.25) is 9.59 Å². The van der Waals surface area contributed by atoms with E-state index in [0.29, 0.717) is 5.03 Å². The first kappa shape index (κ1) is 12.9. The van der Waals surface area contributed by atoms with Gasteiger partial charge in [0, 0.05) is 0 Å². The number of hydrogen-bond donors (Lipinski definition) is 2. The normalized spacial score (nSPS) is 11.5. The lowest BCUT2D eigenvalue weighted by atomic mass is 10.2. The Morgan fingerprint density at radius 3 is 2.53 bits per heavy atom. The number of rotatable bonds is 3. The minimum absolute atomic E-state index is 0.306. The quantitative estimate of drug-likeness (QED) is 0.474. The van der Waals surface area contributed by atoms with Crippen LogP contribution in [0.5, 0.6) is 0 Å². The zero-order chi connectivity index (χ0) is 12.7. The molecule has 2 amide bonds. The standard InChI is InChI=1S/C11H10ClN3O2/c12-9(6-8-4-2-1-3-5-8)7-14-15-11(17)10(13)16/h1-7H,(H2,13,16)(H,15,17)/b9-6-,14-7+. The molecule has 1 aromatic carbocycles. The van der Waals surface area contributed by atoms with E-state index in [1.54, 1.807) is 6.08 Å². The van der Waals surface area contributed by atoms with Crippen LogP contribution >= 0.6 is 11.6 Å². The summed E-state index contributed by atoms with van der Waals surface area (Å²) in [6.07, 6.45) is 2.86. The lowest BCUT2D eigenvalue weighted by molar-refractivity contribution is -0.137. The second-order valence-corrected chi connectivity index (χ2v) is 3.44. The highest BCUT2D eigenvalue weighted by Gasteiger charge is 2.05. The Hall–Kier alpha value is -2.14. The molecule has 0 aliphatic rings. The van der Waals surface area contributed by atoms with Crippen molar-refractivity contribution in [3.8, 4) is 0 Å². The topological polar surface area (TPSA) is 84.5 Å². The van der Waals surface area contributed by atoms with E-state index in [1.165, 1.54) is 6.21 Å². The van der Waals surface area contributed by atoms with Crippen molar-refractivity contribution in [2.45, 2.75) is 0 Å². The number of nitrogens with two attached hydrogens (primary N) is 1. The fourth-order valence-electron chi connectivity index (χ4n) is 0.953. The molecule has 6 heteroatoms. The number of nitrogens with one attached hydrogen (secondary N) is 1. The third-order valence-electron chi connectivity index (χ3n) is 1.68. The minimum Gasteiger partial charge on any atom is -0.361 e. The minimum atomic E-state index is -1.11. The second-order valence-electron chi connectivity index (χ2n) is 3.00. The molecule has 0 unspecified atom stereocenters. The summed E-state index contributed by atoms with van der Waals surface area (Å²) in [6.45, 7) is 0. The summed E-state index contributed by atoms with van der Waals surface area (Å²) in [7, 11) is 0. The molecule has 0 atom stereocenters. The number of primary amides is 1. The van der Waals surface area contributed by atoms with Crippen LogP contribution < -0.4 is 11.2 Å². The van der Waals surface area contributed by atoms with Crippen LogP contribution in [0.25, 0.3) is 6.08 Å². The monoisotopic (exact) mass is 251 g/mol. The smallest absolute Gasteiger partial charge is 0.329 e. The Bertz CT molecular complexity index is 469. The van der Waals surface area contributed by atoms with Crippen LogP contribution in [-0.2, 0) is 9.59 Å². The molecule has 0 radical (unpaired) electrons. The predicted octanol–water partition coefficient (Wildman–Crippen LogP) is 0.854. The van der Waals surface area contributed by atoms with Gasteiger partial charge in [0.15, 0.2) is 0 Å². The predicted molar refractivity (Wildman–Crippen MR) is 66.1 cm³/mol. The van der Waals surface area contributed by atoms with Gasteiger partial charge >= 0.3 is 11.8 Å². The van der Waals surface area contributed by atoms with Crippen molar-refractivity contribution in [3.63, 3.8) is 0 Å². The fraction of sp³-hybridized carbons (Fsp3) is 0. The first-order valence-corrected chi connectivity index (χ1v) is 5.02. The van der Waals surface area contributed by atoms with Gasteiger partial charge in [-0.25, -0.2) is 5.43 Å². The molecular formula is C11H10ClN3O2. The Balaban J connectivity index is 2.58. The number of carbonyl (C=O) groups excluding carboxylic acids is 2. The summed E-state index contributed by atoms with van der Waals surface area (Å²) in [5.74, 6) is -2.10. The summed E-state index contributed by atoms with van der Waals surface area (Å²) >= 11 is 5.82. The van der Waals surface area contributed by atoms with Crippen molar-refractivity contribution >= 4 is 35.7 Å². The molecular weight excluding hydrogens is 242 g/mol. The molecule has 0 saturated heterocycles. The Morgan fingerprint density at radius 1 is 1.29 bits per heavy atom. The zero-order valence-electron chi connectivity index (χ0n) is 8.76. The number of benzene rings is 1. The van der Waals surface area contributed by atoms with Gasteiger partial charge in [-0.05, 0) is 11.6 Å². The molecule has 0 fully saturated rings. The van der Waals surface area contributed by atoms with E-state index in [9.17, 15) is 9.59 Å². The molecule has 0 bridgehead atoms. The number of halogens is 1. The Kier molecular flexibility index (Phi) is 4.90. The molecule has 1 aromatic rings. The molecule has 0 aliphatic carbocycles. The number of nitrogens with zero attached hydrogens (tertiary/aromatic N) is 1. The highest BCUT2D eigenvalue weighted by atomic mass is 35.5. The number of hydrazone groups is 1. The number of hydrogen-bond acceptors (Lipinski definition) is 3. The summed E-state index contributed by atoms with van der Waals surface area (Å²) in [5, 5.41) is 3.77. The molecule has 0 saturated carbocycles. The average Bonchev–Trinajstić information content (AvgIpc) is 2.30. The maximum absolute atomic E-state index is 10.7. The lowest BCUT2D eigenvalue weighted by Crippen LogP contribution is -2.32. The largest absolute Gasteiger partial charge is 0.361 e. The summed E-state index contributed by atoms with van der Waals surface area (Å²) in [4.78, 5) is 21.1. The number of amides is 2. The molecule has 88 valence electrons. The van der Waals surface area contributed by atoms with Gasteiger partial charge in [-0.2, -0.15) is 5.10 Å². The van der Waals surface area contributed by atoms with Crippen LogP contribution in [0.4, 0.5) is 0 Å². The highest BCUT2D eigenvalue weighted by Crippen LogP contribution is 2.07. The first-order valence-electron chi connectivity index (χ1n) is 4.64. The Labute approximate surface area is 103 Å². The van der Waals surface area contributed by atoms with Crippen LogP contribution in [0, 0.1) is 0 Å². The van der Waals surface area contributed by atoms with Crippen molar-refractivity contribution in [1.29, 1.82) is 0 Å². The van der Waals surface area contributed by atoms with E-state index < -0.39 is 11.8 Å². The van der Waals surface area contributed by atoms with Gasteiger partial charge in [0.05, 0.1) is 11.2 Å². The van der Waals surface area contributed by atoms with Gasteiger partial charge in [-0.1, -0.05) is 41.9 Å². The van der Waals surface area contributed by atoms with Crippen molar-refractivity contribution in [3.05, 3.63) is 40.9 Å². The fourth-order valence-corrected chi connectivity index (χ4v) is 1.13. The SMILES string of the molecule is NC(=O)C(=O)N/N=C/C(Cl)=C/c1ccccc1. The summed E-state index contributed by atoms with van der Waals surface area (Å²) in [6, 6.07) is 9.33. The van der Waals surface area contributed by atoms with Crippen molar-refractivity contribution in [1.82, 2.24) is 5.43 Å². The first-order chi connectivity index (χ1) is 8.09. The molecule has 17 heavy (non-hydrogen) atoms. The van der Waals surface area contributed by atoms with Gasteiger partial charge in [0.2, 0.25) is 0 Å². The molecule has 3 N–H and O–H groups in total. The van der Waals surface area contributed by atoms with Crippen LogP contribution in [-0.4, -0.2) is 18.0 Å². The summed E-state index contributed by atoms with van der Waals surface area (Å²) in [5.41, 5.74) is 7.53. The van der Waals surface area contributed by atoms with Gasteiger partial charge < -0.3 is 5.73 Å². The third-order valence-corrected chi connectivity index (χ3v) is 1.89. The molecule has 0 aliphatic heterocycles. The molecule has 5 nitrogen and oxygen atoms in total. The van der Waals surface area contributed by atoms with Crippen molar-refractivity contribution < 1.29 is 9.59 Å². The van der Waals surface area contributed by atoms with E-state index >= 15 is 0 Å². The van der Waals surface area contributed by atoms with E-state index in [4.69, 9.17) is 17.3 Å². The zero-order valence-corrected chi connectivity index (χ0v) is 9.52. The highest BCUT2D eigenvalue weighted by molar-refractivity contribution is 6.41. The third kappa shape index (κ3) is 4.94. The van der Waals surface area contributed by atoms with Crippen molar-refractivity contribution in [2.75, 3.05) is 0 Å². The maximum Gasteiger partial charge on any atom is 0.329 e. The van der Waals surface area contributed by atoms with E-state index in [1.807, 2.05) is 35.8 Å². The molecule has 0 spiro atoms. The van der Waals surface area contributed by atoms with E-state index in [2.05, 4.69) is 5.10 Å². The number of carbonyl (C=O) groups is 2. The summed E-state index contributed by atoms with van der Waals surface area (Å²) < 4.78 is 0. The Morgan fingerprint density at radius 2 is 1.94 bits per heavy atom. The molecule has 0 aromatic heterocycles. The van der Waals surface area contributed by atoms with Crippen LogP contribution in [0.3, 0.4) is 0 Å². The van der Waals surface area contributed by atoms with Gasteiger partial charge in [0.25, 0.3) is 0 Å². The molecule has 0 heterocycles.